The molecule has 0 amide bonds. The Hall–Kier alpha value is -3.80. The Morgan fingerprint density at radius 3 is 1.94 bits per heavy atom. The Labute approximate surface area is 200 Å². The summed E-state index contributed by atoms with van der Waals surface area (Å²) in [6.07, 6.45) is 1.74. The number of aryl methyl sites for hydroxylation is 1. The van der Waals surface area contributed by atoms with Gasteiger partial charge in [0.25, 0.3) is 0 Å². The van der Waals surface area contributed by atoms with Gasteiger partial charge in [-0.15, -0.1) is 0 Å². The minimum atomic E-state index is -0.365. The lowest BCUT2D eigenvalue weighted by molar-refractivity contribution is -0.143. The van der Waals surface area contributed by atoms with Gasteiger partial charge in [-0.2, -0.15) is 0 Å². The van der Waals surface area contributed by atoms with Crippen LogP contribution in [0.2, 0.25) is 0 Å². The van der Waals surface area contributed by atoms with Crippen molar-refractivity contribution in [2.24, 2.45) is 0 Å². The molecule has 0 radical (unpaired) electrons. The van der Waals surface area contributed by atoms with E-state index in [9.17, 15) is 9.59 Å². The van der Waals surface area contributed by atoms with Crippen LogP contribution in [0.5, 0.6) is 11.5 Å². The summed E-state index contributed by atoms with van der Waals surface area (Å²) >= 11 is 0. The Kier molecular flexibility index (Phi) is 9.99. The summed E-state index contributed by atoms with van der Waals surface area (Å²) in [4.78, 5) is 23.6. The van der Waals surface area contributed by atoms with Gasteiger partial charge in [0.2, 0.25) is 0 Å². The highest BCUT2D eigenvalue weighted by Gasteiger charge is 2.08. The van der Waals surface area contributed by atoms with Crippen molar-refractivity contribution in [2.75, 3.05) is 19.8 Å². The van der Waals surface area contributed by atoms with Crippen molar-refractivity contribution in [2.45, 2.75) is 32.8 Å². The van der Waals surface area contributed by atoms with Crippen LogP contribution in [0.15, 0.2) is 78.9 Å². The van der Waals surface area contributed by atoms with E-state index in [1.54, 1.807) is 31.2 Å². The Morgan fingerprint density at radius 2 is 1.32 bits per heavy atom. The molecule has 3 aromatic carbocycles. The van der Waals surface area contributed by atoms with Crippen molar-refractivity contribution in [1.82, 2.24) is 0 Å². The monoisotopic (exact) mass is 462 g/mol. The summed E-state index contributed by atoms with van der Waals surface area (Å²) in [5, 5.41) is 0. The SMILES string of the molecule is CCOC(=O)CCc1ccc(OCCCOc2ccc(C(=O)OCc3ccccc3)cc2)cc1. The molecule has 0 heterocycles. The molecule has 0 spiro atoms. The van der Waals surface area contributed by atoms with Gasteiger partial charge < -0.3 is 18.9 Å². The lowest BCUT2D eigenvalue weighted by atomic mass is 10.1. The number of esters is 2. The molecule has 6 heteroatoms. The molecular formula is C28H30O6. The van der Waals surface area contributed by atoms with E-state index in [4.69, 9.17) is 18.9 Å². The van der Waals surface area contributed by atoms with Crippen LogP contribution in [0.1, 0.15) is 41.3 Å². The minimum absolute atomic E-state index is 0.180. The maximum Gasteiger partial charge on any atom is 0.338 e. The van der Waals surface area contributed by atoms with E-state index in [1.807, 2.05) is 54.6 Å². The van der Waals surface area contributed by atoms with Crippen LogP contribution in [-0.2, 0) is 27.3 Å². The number of hydrogen-bond acceptors (Lipinski definition) is 6. The Morgan fingerprint density at radius 1 is 0.706 bits per heavy atom. The van der Waals surface area contributed by atoms with Gasteiger partial charge >= 0.3 is 11.9 Å². The van der Waals surface area contributed by atoms with Gasteiger partial charge in [0, 0.05) is 12.8 Å². The van der Waals surface area contributed by atoms with Crippen LogP contribution in [0.3, 0.4) is 0 Å². The zero-order valence-electron chi connectivity index (χ0n) is 19.4. The van der Waals surface area contributed by atoms with Gasteiger partial charge in [0.1, 0.15) is 18.1 Å². The molecule has 3 rings (SSSR count). The summed E-state index contributed by atoms with van der Waals surface area (Å²) in [7, 11) is 0. The molecule has 178 valence electrons. The molecule has 0 N–H and O–H groups in total. The van der Waals surface area contributed by atoms with Crippen LogP contribution in [0, 0.1) is 0 Å². The third-order valence-corrected chi connectivity index (χ3v) is 4.98. The Balaban J connectivity index is 1.31. The number of carbonyl (C=O) groups is 2. The second-order valence-electron chi connectivity index (χ2n) is 7.59. The molecule has 0 atom stereocenters. The van der Waals surface area contributed by atoms with Crippen molar-refractivity contribution < 1.29 is 28.5 Å². The molecule has 0 aliphatic heterocycles. The summed E-state index contributed by atoms with van der Waals surface area (Å²) < 4.78 is 21.7. The molecule has 0 bridgehead atoms. The van der Waals surface area contributed by atoms with Crippen molar-refractivity contribution in [3.63, 3.8) is 0 Å². The zero-order chi connectivity index (χ0) is 24.0. The Bertz CT molecular complexity index is 1010. The summed E-state index contributed by atoms with van der Waals surface area (Å²) in [6.45, 7) is 3.47. The molecule has 0 saturated carbocycles. The molecule has 3 aromatic rings. The lowest BCUT2D eigenvalue weighted by Gasteiger charge is -2.09. The lowest BCUT2D eigenvalue weighted by Crippen LogP contribution is -2.07. The van der Waals surface area contributed by atoms with E-state index >= 15 is 0 Å². The molecule has 0 aliphatic rings. The summed E-state index contributed by atoms with van der Waals surface area (Å²) in [5.74, 6) is 0.917. The van der Waals surface area contributed by atoms with Gasteiger partial charge in [-0.25, -0.2) is 4.79 Å². The largest absolute Gasteiger partial charge is 0.493 e. The summed E-state index contributed by atoms with van der Waals surface area (Å²) in [6, 6.07) is 24.2. The minimum Gasteiger partial charge on any atom is -0.493 e. The fraction of sp³-hybridized carbons (Fsp3) is 0.286. The first-order chi connectivity index (χ1) is 16.6. The molecule has 0 unspecified atom stereocenters. The number of benzene rings is 3. The first kappa shape index (κ1) is 24.8. The van der Waals surface area contributed by atoms with Crippen LogP contribution in [-0.4, -0.2) is 31.8 Å². The van der Waals surface area contributed by atoms with Crippen molar-refractivity contribution >= 4 is 11.9 Å². The first-order valence-corrected chi connectivity index (χ1v) is 11.5. The van der Waals surface area contributed by atoms with Gasteiger partial charge in [0.15, 0.2) is 0 Å². The molecule has 0 aromatic heterocycles. The number of hydrogen-bond donors (Lipinski definition) is 0. The number of rotatable bonds is 13. The van der Waals surface area contributed by atoms with Crippen LogP contribution >= 0.6 is 0 Å². The molecule has 34 heavy (non-hydrogen) atoms. The van der Waals surface area contributed by atoms with E-state index in [-0.39, 0.29) is 18.5 Å². The smallest absolute Gasteiger partial charge is 0.338 e. The maximum absolute atomic E-state index is 12.2. The average molecular weight is 463 g/mol. The maximum atomic E-state index is 12.2. The molecule has 6 nitrogen and oxygen atoms in total. The average Bonchev–Trinajstić information content (AvgIpc) is 2.88. The van der Waals surface area contributed by atoms with E-state index in [1.165, 1.54) is 0 Å². The molecule has 0 saturated heterocycles. The molecule has 0 aliphatic carbocycles. The van der Waals surface area contributed by atoms with Crippen molar-refractivity contribution in [3.8, 4) is 11.5 Å². The van der Waals surface area contributed by atoms with E-state index in [0.717, 1.165) is 16.9 Å². The van der Waals surface area contributed by atoms with Gasteiger partial charge in [0.05, 0.1) is 25.4 Å². The number of carbonyl (C=O) groups excluding carboxylic acids is 2. The topological polar surface area (TPSA) is 71.1 Å². The standard InChI is InChI=1S/C28H30O6/c1-2-31-27(29)18-11-22-9-14-25(15-10-22)32-19-6-20-33-26-16-12-24(13-17-26)28(30)34-21-23-7-4-3-5-8-23/h3-5,7-10,12-17H,2,6,11,18-21H2,1H3. The predicted octanol–water partition coefficient (Wildman–Crippen LogP) is 5.39. The van der Waals surface area contributed by atoms with E-state index < -0.39 is 0 Å². The second-order valence-corrected chi connectivity index (χ2v) is 7.59. The van der Waals surface area contributed by atoms with Crippen molar-refractivity contribution in [3.05, 3.63) is 95.6 Å². The van der Waals surface area contributed by atoms with E-state index in [0.29, 0.717) is 50.4 Å². The molecule has 0 fully saturated rings. The van der Waals surface area contributed by atoms with Crippen LogP contribution in [0.4, 0.5) is 0 Å². The summed E-state index contributed by atoms with van der Waals surface area (Å²) in [5.41, 5.74) is 2.50. The highest BCUT2D eigenvalue weighted by atomic mass is 16.5. The third kappa shape index (κ3) is 8.62. The predicted molar refractivity (Wildman–Crippen MR) is 129 cm³/mol. The first-order valence-electron chi connectivity index (χ1n) is 11.5. The highest BCUT2D eigenvalue weighted by Crippen LogP contribution is 2.16. The van der Waals surface area contributed by atoms with Gasteiger partial charge in [-0.3, -0.25) is 4.79 Å². The normalized spacial score (nSPS) is 10.4. The van der Waals surface area contributed by atoms with Crippen molar-refractivity contribution in [1.29, 1.82) is 0 Å². The van der Waals surface area contributed by atoms with Crippen LogP contribution in [0.25, 0.3) is 0 Å². The zero-order valence-corrected chi connectivity index (χ0v) is 19.4. The third-order valence-electron chi connectivity index (χ3n) is 4.98. The quantitative estimate of drug-likeness (QED) is 0.251. The fourth-order valence-electron chi connectivity index (χ4n) is 3.16. The number of ether oxygens (including phenoxy) is 4. The second kappa shape index (κ2) is 13.7. The van der Waals surface area contributed by atoms with Crippen LogP contribution < -0.4 is 9.47 Å². The molecular weight excluding hydrogens is 432 g/mol. The fourth-order valence-corrected chi connectivity index (χ4v) is 3.16. The van der Waals surface area contributed by atoms with Gasteiger partial charge in [-0.05, 0) is 60.9 Å². The van der Waals surface area contributed by atoms with E-state index in [2.05, 4.69) is 0 Å². The van der Waals surface area contributed by atoms with Gasteiger partial charge in [-0.1, -0.05) is 42.5 Å². The highest BCUT2D eigenvalue weighted by molar-refractivity contribution is 5.89.